The number of carbonyl (C=O) groups is 1. The number of phenolic OH excluding ortho intramolecular Hbond substituents is 1. The summed E-state index contributed by atoms with van der Waals surface area (Å²) >= 11 is 0. The first kappa shape index (κ1) is 13.9. The molecule has 20 heavy (non-hydrogen) atoms. The number of nitrogens with one attached hydrogen (secondary N) is 1. The maximum absolute atomic E-state index is 11.8. The van der Waals surface area contributed by atoms with E-state index in [0.717, 1.165) is 5.56 Å². The van der Waals surface area contributed by atoms with Gasteiger partial charge in [0.05, 0.1) is 6.04 Å². The Balaban J connectivity index is 1.86. The quantitative estimate of drug-likeness (QED) is 0.879. The van der Waals surface area contributed by atoms with Crippen molar-refractivity contribution in [1.29, 1.82) is 0 Å². The lowest BCUT2D eigenvalue weighted by molar-refractivity contribution is -0.123. The average molecular weight is 271 g/mol. The Kier molecular flexibility index (Phi) is 4.60. The van der Waals surface area contributed by atoms with E-state index in [1.54, 1.807) is 18.2 Å². The van der Waals surface area contributed by atoms with E-state index in [2.05, 4.69) is 5.32 Å². The van der Waals surface area contributed by atoms with Gasteiger partial charge in [-0.25, -0.2) is 0 Å². The number of hydrogen-bond acceptors (Lipinski definition) is 3. The summed E-state index contributed by atoms with van der Waals surface area (Å²) < 4.78 is 5.27. The summed E-state index contributed by atoms with van der Waals surface area (Å²) in [5, 5.41) is 12.4. The number of aromatic hydroxyl groups is 1. The maximum atomic E-state index is 11.8. The van der Waals surface area contributed by atoms with Crippen molar-refractivity contribution >= 4 is 5.91 Å². The molecule has 1 unspecified atom stereocenters. The first-order valence-corrected chi connectivity index (χ1v) is 6.42. The van der Waals surface area contributed by atoms with Gasteiger partial charge in [0, 0.05) is 0 Å². The highest BCUT2D eigenvalue weighted by Crippen LogP contribution is 2.24. The molecule has 0 saturated carbocycles. The van der Waals surface area contributed by atoms with Crippen LogP contribution in [0.3, 0.4) is 0 Å². The highest BCUT2D eigenvalue weighted by Gasteiger charge is 2.10. The summed E-state index contributed by atoms with van der Waals surface area (Å²) in [4.78, 5) is 11.8. The van der Waals surface area contributed by atoms with Crippen molar-refractivity contribution in [1.82, 2.24) is 5.32 Å². The van der Waals surface area contributed by atoms with E-state index in [0.29, 0.717) is 5.75 Å². The molecule has 0 spiro atoms. The lowest BCUT2D eigenvalue weighted by atomic mass is 10.1. The number of phenols is 1. The van der Waals surface area contributed by atoms with Crippen molar-refractivity contribution in [2.75, 3.05) is 6.61 Å². The molecule has 0 bridgehead atoms. The van der Waals surface area contributed by atoms with E-state index >= 15 is 0 Å². The molecule has 0 saturated heterocycles. The van der Waals surface area contributed by atoms with E-state index in [9.17, 15) is 9.90 Å². The topological polar surface area (TPSA) is 58.6 Å². The molecule has 0 fully saturated rings. The fourth-order valence-electron chi connectivity index (χ4n) is 1.83. The highest BCUT2D eigenvalue weighted by atomic mass is 16.5. The molecule has 104 valence electrons. The second-order valence-corrected chi connectivity index (χ2v) is 4.46. The second kappa shape index (κ2) is 6.61. The zero-order valence-electron chi connectivity index (χ0n) is 11.2. The Morgan fingerprint density at radius 3 is 2.50 bits per heavy atom. The normalized spacial score (nSPS) is 11.7. The molecule has 1 amide bonds. The number of para-hydroxylation sites is 2. The van der Waals surface area contributed by atoms with Crippen molar-refractivity contribution in [3.63, 3.8) is 0 Å². The molecule has 2 N–H and O–H groups in total. The number of amides is 1. The van der Waals surface area contributed by atoms with Crippen LogP contribution in [0.5, 0.6) is 11.5 Å². The predicted molar refractivity (Wildman–Crippen MR) is 76.6 cm³/mol. The third-order valence-corrected chi connectivity index (χ3v) is 2.90. The number of carbonyl (C=O) groups excluding carboxylic acids is 1. The van der Waals surface area contributed by atoms with Gasteiger partial charge in [0.1, 0.15) is 0 Å². The lowest BCUT2D eigenvalue weighted by Gasteiger charge is -2.14. The van der Waals surface area contributed by atoms with E-state index in [-0.39, 0.29) is 24.3 Å². The van der Waals surface area contributed by atoms with Crippen LogP contribution in [-0.2, 0) is 4.79 Å². The van der Waals surface area contributed by atoms with Crippen LogP contribution in [0.4, 0.5) is 0 Å². The van der Waals surface area contributed by atoms with Crippen LogP contribution in [0.2, 0.25) is 0 Å². The van der Waals surface area contributed by atoms with Crippen molar-refractivity contribution in [3.8, 4) is 11.5 Å². The van der Waals surface area contributed by atoms with Crippen LogP contribution in [0.1, 0.15) is 18.5 Å². The number of ether oxygens (including phenoxy) is 1. The van der Waals surface area contributed by atoms with Gasteiger partial charge in [0.15, 0.2) is 18.1 Å². The Morgan fingerprint density at radius 2 is 1.80 bits per heavy atom. The highest BCUT2D eigenvalue weighted by molar-refractivity contribution is 5.78. The van der Waals surface area contributed by atoms with Crippen molar-refractivity contribution in [3.05, 3.63) is 60.2 Å². The zero-order valence-corrected chi connectivity index (χ0v) is 11.2. The summed E-state index contributed by atoms with van der Waals surface area (Å²) in [6.07, 6.45) is 0. The molecule has 0 aliphatic rings. The second-order valence-electron chi connectivity index (χ2n) is 4.46. The Hall–Kier alpha value is -2.49. The van der Waals surface area contributed by atoms with E-state index in [1.165, 1.54) is 6.07 Å². The smallest absolute Gasteiger partial charge is 0.258 e. The summed E-state index contributed by atoms with van der Waals surface area (Å²) in [7, 11) is 0. The molecular formula is C16H17NO3. The minimum Gasteiger partial charge on any atom is -0.504 e. The largest absolute Gasteiger partial charge is 0.504 e. The van der Waals surface area contributed by atoms with Gasteiger partial charge in [-0.3, -0.25) is 4.79 Å². The molecule has 0 radical (unpaired) electrons. The molecule has 2 aromatic rings. The number of rotatable bonds is 5. The average Bonchev–Trinajstić information content (AvgIpc) is 2.47. The molecule has 1 atom stereocenters. The predicted octanol–water partition coefficient (Wildman–Crippen LogP) is 2.65. The molecule has 0 aliphatic carbocycles. The third kappa shape index (κ3) is 3.75. The van der Waals surface area contributed by atoms with Crippen molar-refractivity contribution in [2.24, 2.45) is 0 Å². The Labute approximate surface area is 118 Å². The minimum absolute atomic E-state index is 0.0245. The summed E-state index contributed by atoms with van der Waals surface area (Å²) in [5.41, 5.74) is 1.03. The van der Waals surface area contributed by atoms with Crippen LogP contribution in [-0.4, -0.2) is 17.6 Å². The number of benzene rings is 2. The van der Waals surface area contributed by atoms with Gasteiger partial charge in [-0.15, -0.1) is 0 Å². The molecule has 0 aliphatic heterocycles. The van der Waals surface area contributed by atoms with Crippen LogP contribution < -0.4 is 10.1 Å². The summed E-state index contributed by atoms with van der Waals surface area (Å²) in [6.45, 7) is 1.78. The number of hydrogen-bond donors (Lipinski definition) is 2. The van der Waals surface area contributed by atoms with Crippen LogP contribution in [0, 0.1) is 0 Å². The Bertz CT molecular complexity index is 569. The molecule has 0 heterocycles. The molecule has 2 aromatic carbocycles. The fourth-order valence-corrected chi connectivity index (χ4v) is 1.83. The van der Waals surface area contributed by atoms with Gasteiger partial charge in [0.2, 0.25) is 0 Å². The van der Waals surface area contributed by atoms with Gasteiger partial charge >= 0.3 is 0 Å². The standard InChI is InChI=1S/C16H17NO3/c1-12(13-7-3-2-4-8-13)17-16(19)11-20-15-10-6-5-9-14(15)18/h2-10,12,18H,11H2,1H3,(H,17,19). The van der Waals surface area contributed by atoms with E-state index < -0.39 is 0 Å². The third-order valence-electron chi connectivity index (χ3n) is 2.90. The molecule has 4 heteroatoms. The van der Waals surface area contributed by atoms with Gasteiger partial charge in [-0.1, -0.05) is 42.5 Å². The van der Waals surface area contributed by atoms with E-state index in [4.69, 9.17) is 4.74 Å². The van der Waals surface area contributed by atoms with Gasteiger partial charge in [0.25, 0.3) is 5.91 Å². The van der Waals surface area contributed by atoms with Gasteiger partial charge < -0.3 is 15.2 Å². The molecule has 2 rings (SSSR count). The monoisotopic (exact) mass is 271 g/mol. The SMILES string of the molecule is CC(NC(=O)COc1ccccc1O)c1ccccc1. The first-order valence-electron chi connectivity index (χ1n) is 6.42. The van der Waals surface area contributed by atoms with Crippen LogP contribution in [0.15, 0.2) is 54.6 Å². The van der Waals surface area contributed by atoms with Crippen molar-refractivity contribution in [2.45, 2.75) is 13.0 Å². The molecular weight excluding hydrogens is 254 g/mol. The van der Waals surface area contributed by atoms with E-state index in [1.807, 2.05) is 37.3 Å². The maximum Gasteiger partial charge on any atom is 0.258 e. The zero-order chi connectivity index (χ0) is 14.4. The lowest BCUT2D eigenvalue weighted by Crippen LogP contribution is -2.31. The summed E-state index contributed by atoms with van der Waals surface area (Å²) in [5.74, 6) is 0.0935. The van der Waals surface area contributed by atoms with Gasteiger partial charge in [-0.05, 0) is 24.6 Å². The van der Waals surface area contributed by atoms with Crippen LogP contribution in [0.25, 0.3) is 0 Å². The fraction of sp³-hybridized carbons (Fsp3) is 0.188. The van der Waals surface area contributed by atoms with Gasteiger partial charge in [-0.2, -0.15) is 0 Å². The minimum atomic E-state index is -0.232. The molecule has 0 aromatic heterocycles. The van der Waals surface area contributed by atoms with Crippen molar-refractivity contribution < 1.29 is 14.6 Å². The first-order chi connectivity index (χ1) is 9.66. The summed E-state index contributed by atoms with van der Waals surface area (Å²) in [6, 6.07) is 16.2. The Morgan fingerprint density at radius 1 is 1.15 bits per heavy atom. The van der Waals surface area contributed by atoms with Crippen LogP contribution >= 0.6 is 0 Å². The molecule has 4 nitrogen and oxygen atoms in total.